The minimum absolute atomic E-state index is 0.0192. The lowest BCUT2D eigenvalue weighted by molar-refractivity contribution is 0.327. The van der Waals surface area contributed by atoms with Gasteiger partial charge in [0.05, 0.1) is 11.8 Å². The second-order valence-electron chi connectivity index (χ2n) is 5.16. The second kappa shape index (κ2) is 8.21. The van der Waals surface area contributed by atoms with Crippen LogP contribution in [0.3, 0.4) is 0 Å². The Kier molecular flexibility index (Phi) is 5.99. The van der Waals surface area contributed by atoms with Crippen molar-refractivity contribution < 1.29 is 19.0 Å². The summed E-state index contributed by atoms with van der Waals surface area (Å²) < 4.78 is 18.0. The van der Waals surface area contributed by atoms with Crippen molar-refractivity contribution >= 4 is 50.1 Å². The molecule has 0 aliphatic heterocycles. The van der Waals surface area contributed by atoms with Gasteiger partial charge in [-0.15, -0.1) is 23.2 Å². The number of ether oxygens (including phenoxy) is 2. The molecule has 0 unspecified atom stereocenters. The third-order valence-electron chi connectivity index (χ3n) is 3.49. The molecule has 7 heteroatoms. The quantitative estimate of drug-likeness (QED) is 0.466. The van der Waals surface area contributed by atoms with Crippen molar-refractivity contribution in [3.8, 4) is 28.6 Å². The van der Waals surface area contributed by atoms with E-state index in [9.17, 15) is 5.11 Å². The fourth-order valence-electron chi connectivity index (χ4n) is 2.45. The molecule has 0 atom stereocenters. The SMILES string of the molecule is Oc1c(-c2ccc(Br)cc2)oc2cc(OCCCl)cc(OCCCl)c12. The molecule has 0 fully saturated rings. The van der Waals surface area contributed by atoms with Crippen molar-refractivity contribution in [2.75, 3.05) is 25.0 Å². The first kappa shape index (κ1) is 18.2. The summed E-state index contributed by atoms with van der Waals surface area (Å²) >= 11 is 14.8. The van der Waals surface area contributed by atoms with Crippen molar-refractivity contribution in [3.05, 3.63) is 40.9 Å². The van der Waals surface area contributed by atoms with E-state index in [2.05, 4.69) is 15.9 Å². The van der Waals surface area contributed by atoms with Gasteiger partial charge in [-0.2, -0.15) is 0 Å². The highest BCUT2D eigenvalue weighted by Crippen LogP contribution is 2.45. The minimum atomic E-state index is 0.0192. The van der Waals surface area contributed by atoms with Crippen molar-refractivity contribution in [1.29, 1.82) is 0 Å². The Balaban J connectivity index is 2.11. The van der Waals surface area contributed by atoms with E-state index in [1.54, 1.807) is 12.1 Å². The zero-order chi connectivity index (χ0) is 17.8. The third kappa shape index (κ3) is 4.00. The average molecular weight is 446 g/mol. The molecule has 0 aliphatic rings. The Morgan fingerprint density at radius 1 is 1.00 bits per heavy atom. The Morgan fingerprint density at radius 3 is 2.36 bits per heavy atom. The largest absolute Gasteiger partial charge is 0.504 e. The number of alkyl halides is 2. The predicted octanol–water partition coefficient (Wildman–Crippen LogP) is 5.80. The molecule has 2 aromatic carbocycles. The molecule has 0 saturated carbocycles. The molecular weight excluding hydrogens is 431 g/mol. The molecule has 0 saturated heterocycles. The van der Waals surface area contributed by atoms with Crippen molar-refractivity contribution in [2.24, 2.45) is 0 Å². The van der Waals surface area contributed by atoms with Crippen molar-refractivity contribution in [2.45, 2.75) is 0 Å². The van der Waals surface area contributed by atoms with Gasteiger partial charge in [0.2, 0.25) is 0 Å². The summed E-state index contributed by atoms with van der Waals surface area (Å²) in [5.41, 5.74) is 1.22. The molecule has 0 amide bonds. The number of benzene rings is 2. The number of rotatable bonds is 7. The van der Waals surface area contributed by atoms with Crippen LogP contribution in [-0.4, -0.2) is 30.1 Å². The molecule has 0 aliphatic carbocycles. The van der Waals surface area contributed by atoms with Crippen LogP contribution >= 0.6 is 39.1 Å². The second-order valence-corrected chi connectivity index (χ2v) is 6.83. The Bertz CT molecular complexity index is 862. The van der Waals surface area contributed by atoms with Crippen LogP contribution in [0.5, 0.6) is 17.2 Å². The Morgan fingerprint density at radius 2 is 1.68 bits per heavy atom. The first-order chi connectivity index (χ1) is 12.1. The van der Waals surface area contributed by atoms with E-state index in [-0.39, 0.29) is 5.75 Å². The lowest BCUT2D eigenvalue weighted by Crippen LogP contribution is -2.01. The molecular formula is C18H15BrCl2O4. The maximum absolute atomic E-state index is 10.7. The van der Waals surface area contributed by atoms with Gasteiger partial charge in [-0.3, -0.25) is 0 Å². The molecule has 1 N–H and O–H groups in total. The molecule has 3 rings (SSSR count). The maximum Gasteiger partial charge on any atom is 0.177 e. The lowest BCUT2D eigenvalue weighted by atomic mass is 10.1. The van der Waals surface area contributed by atoms with Crippen molar-refractivity contribution in [3.63, 3.8) is 0 Å². The number of furan rings is 1. The van der Waals surface area contributed by atoms with E-state index in [1.165, 1.54) is 0 Å². The Hall–Kier alpha value is -1.56. The van der Waals surface area contributed by atoms with E-state index in [0.29, 0.717) is 53.2 Å². The summed E-state index contributed by atoms with van der Waals surface area (Å²) in [6, 6.07) is 10.9. The van der Waals surface area contributed by atoms with Gasteiger partial charge in [0.25, 0.3) is 0 Å². The van der Waals surface area contributed by atoms with E-state index in [1.807, 2.05) is 24.3 Å². The first-order valence-electron chi connectivity index (χ1n) is 7.57. The number of hydrogen-bond acceptors (Lipinski definition) is 4. The highest BCUT2D eigenvalue weighted by Gasteiger charge is 2.20. The summed E-state index contributed by atoms with van der Waals surface area (Å²) in [5, 5.41) is 11.2. The van der Waals surface area contributed by atoms with Crippen LogP contribution in [0.1, 0.15) is 0 Å². The molecule has 4 nitrogen and oxygen atoms in total. The van der Waals surface area contributed by atoms with E-state index >= 15 is 0 Å². The summed E-state index contributed by atoms with van der Waals surface area (Å²) in [6.07, 6.45) is 0. The van der Waals surface area contributed by atoms with Crippen LogP contribution < -0.4 is 9.47 Å². The molecule has 1 heterocycles. The van der Waals surface area contributed by atoms with Crippen LogP contribution in [0.2, 0.25) is 0 Å². The summed E-state index contributed by atoms with van der Waals surface area (Å²) in [5.74, 6) is 2.08. The van der Waals surface area contributed by atoms with E-state index in [4.69, 9.17) is 37.1 Å². The van der Waals surface area contributed by atoms with Gasteiger partial charge in [-0.1, -0.05) is 15.9 Å². The van der Waals surface area contributed by atoms with Crippen LogP contribution in [0.25, 0.3) is 22.3 Å². The number of aromatic hydroxyl groups is 1. The molecule has 0 bridgehead atoms. The minimum Gasteiger partial charge on any atom is -0.504 e. The van der Waals surface area contributed by atoms with Gasteiger partial charge in [0, 0.05) is 22.2 Å². The predicted molar refractivity (Wildman–Crippen MR) is 103 cm³/mol. The van der Waals surface area contributed by atoms with Crippen molar-refractivity contribution in [1.82, 2.24) is 0 Å². The molecule has 0 radical (unpaired) electrons. The fraction of sp³-hybridized carbons (Fsp3) is 0.222. The topological polar surface area (TPSA) is 51.8 Å². The van der Waals surface area contributed by atoms with E-state index in [0.717, 1.165) is 10.0 Å². The smallest absolute Gasteiger partial charge is 0.177 e. The summed E-state index contributed by atoms with van der Waals surface area (Å²) in [7, 11) is 0. The maximum atomic E-state index is 10.7. The molecule has 0 spiro atoms. The van der Waals surface area contributed by atoms with Gasteiger partial charge in [-0.25, -0.2) is 0 Å². The molecule has 1 aromatic heterocycles. The van der Waals surface area contributed by atoms with Gasteiger partial charge < -0.3 is 19.0 Å². The van der Waals surface area contributed by atoms with E-state index < -0.39 is 0 Å². The summed E-state index contributed by atoms with van der Waals surface area (Å²) in [6.45, 7) is 0.655. The lowest BCUT2D eigenvalue weighted by Gasteiger charge is -2.09. The first-order valence-corrected chi connectivity index (χ1v) is 9.43. The standard InChI is InChI=1S/C18H15BrCl2O4/c19-12-3-1-11(2-4-12)18-17(22)16-14(24-8-6-21)9-13(23-7-5-20)10-15(16)25-18/h1-4,9-10,22H,5-8H2. The normalized spacial score (nSPS) is 11.0. The van der Waals surface area contributed by atoms with Crippen LogP contribution in [0.4, 0.5) is 0 Å². The van der Waals surface area contributed by atoms with Crippen LogP contribution in [0.15, 0.2) is 45.3 Å². The highest BCUT2D eigenvalue weighted by atomic mass is 79.9. The summed E-state index contributed by atoms with van der Waals surface area (Å²) in [4.78, 5) is 0. The molecule has 132 valence electrons. The Labute approximate surface area is 163 Å². The number of hydrogen-bond donors (Lipinski definition) is 1. The van der Waals surface area contributed by atoms with Gasteiger partial charge >= 0.3 is 0 Å². The monoisotopic (exact) mass is 444 g/mol. The zero-order valence-corrected chi connectivity index (χ0v) is 16.2. The van der Waals surface area contributed by atoms with Gasteiger partial charge in [0.1, 0.15) is 35.7 Å². The zero-order valence-electron chi connectivity index (χ0n) is 13.1. The third-order valence-corrected chi connectivity index (χ3v) is 4.33. The highest BCUT2D eigenvalue weighted by molar-refractivity contribution is 9.10. The average Bonchev–Trinajstić information content (AvgIpc) is 2.95. The van der Waals surface area contributed by atoms with Crippen LogP contribution in [-0.2, 0) is 0 Å². The fourth-order valence-corrected chi connectivity index (χ4v) is 2.87. The van der Waals surface area contributed by atoms with Crippen LogP contribution in [0, 0.1) is 0 Å². The molecule has 25 heavy (non-hydrogen) atoms. The van der Waals surface area contributed by atoms with Gasteiger partial charge in [0.15, 0.2) is 11.5 Å². The number of fused-ring (bicyclic) bond motifs is 1. The van der Waals surface area contributed by atoms with Gasteiger partial charge in [-0.05, 0) is 24.3 Å². The molecule has 3 aromatic rings. The number of halogens is 3.